The SMILES string of the molecule is CCCCCCCCC(=O)OCC[N+](C)(C)C.[Cl-]. The van der Waals surface area contributed by atoms with E-state index in [1.54, 1.807) is 0 Å². The van der Waals surface area contributed by atoms with Gasteiger partial charge in [-0.3, -0.25) is 4.79 Å². The van der Waals surface area contributed by atoms with Gasteiger partial charge in [0.15, 0.2) is 0 Å². The Morgan fingerprint density at radius 3 is 2.11 bits per heavy atom. The Hall–Kier alpha value is -0.280. The summed E-state index contributed by atoms with van der Waals surface area (Å²) in [6.45, 7) is 3.63. The van der Waals surface area contributed by atoms with E-state index in [4.69, 9.17) is 4.74 Å². The minimum atomic E-state index is -0.0334. The average Bonchev–Trinajstić information content (AvgIpc) is 2.21. The van der Waals surface area contributed by atoms with Gasteiger partial charge in [0.2, 0.25) is 0 Å². The molecule has 0 saturated carbocycles. The second-order valence-corrected chi connectivity index (χ2v) is 5.75. The topological polar surface area (TPSA) is 26.3 Å². The van der Waals surface area contributed by atoms with Gasteiger partial charge >= 0.3 is 5.97 Å². The lowest BCUT2D eigenvalue weighted by Crippen LogP contribution is -3.00. The number of halogens is 1. The molecule has 0 heterocycles. The fraction of sp³-hybridized carbons (Fsp3) is 0.929. The van der Waals surface area contributed by atoms with Crippen molar-refractivity contribution in [1.29, 1.82) is 0 Å². The van der Waals surface area contributed by atoms with Crippen molar-refractivity contribution >= 4 is 5.97 Å². The van der Waals surface area contributed by atoms with Crippen LogP contribution in [0.5, 0.6) is 0 Å². The van der Waals surface area contributed by atoms with Gasteiger partial charge in [-0.25, -0.2) is 0 Å². The smallest absolute Gasteiger partial charge is 0.305 e. The molecular weight excluding hydrogens is 250 g/mol. The van der Waals surface area contributed by atoms with E-state index < -0.39 is 0 Å². The quantitative estimate of drug-likeness (QED) is 0.319. The number of ether oxygens (including phenoxy) is 1. The molecule has 0 radical (unpaired) electrons. The lowest BCUT2D eigenvalue weighted by molar-refractivity contribution is -0.870. The van der Waals surface area contributed by atoms with Crippen molar-refractivity contribution in [3.05, 3.63) is 0 Å². The molecule has 0 aliphatic carbocycles. The van der Waals surface area contributed by atoms with Gasteiger partial charge in [-0.05, 0) is 6.42 Å². The molecule has 0 rings (SSSR count). The molecule has 110 valence electrons. The molecule has 0 aromatic heterocycles. The molecule has 0 fully saturated rings. The summed E-state index contributed by atoms with van der Waals surface area (Å²) >= 11 is 0. The number of nitrogens with zero attached hydrogens (tertiary/aromatic N) is 1. The highest BCUT2D eigenvalue weighted by Crippen LogP contribution is 2.07. The van der Waals surface area contributed by atoms with Crippen molar-refractivity contribution in [1.82, 2.24) is 0 Å². The van der Waals surface area contributed by atoms with Crippen molar-refractivity contribution in [2.75, 3.05) is 34.3 Å². The van der Waals surface area contributed by atoms with E-state index in [9.17, 15) is 4.79 Å². The lowest BCUT2D eigenvalue weighted by Gasteiger charge is -2.23. The van der Waals surface area contributed by atoms with Crippen molar-refractivity contribution in [2.24, 2.45) is 0 Å². The second kappa shape index (κ2) is 11.8. The van der Waals surface area contributed by atoms with Crippen molar-refractivity contribution in [2.45, 2.75) is 51.9 Å². The number of esters is 1. The summed E-state index contributed by atoms with van der Waals surface area (Å²) < 4.78 is 6.03. The first-order chi connectivity index (χ1) is 7.95. The van der Waals surface area contributed by atoms with E-state index in [1.807, 2.05) is 0 Å². The van der Waals surface area contributed by atoms with Crippen LogP contribution in [0.2, 0.25) is 0 Å². The molecule has 0 atom stereocenters. The van der Waals surface area contributed by atoms with Gasteiger partial charge in [-0.2, -0.15) is 0 Å². The Morgan fingerprint density at radius 2 is 1.56 bits per heavy atom. The van der Waals surface area contributed by atoms with E-state index in [1.165, 1.54) is 25.7 Å². The Balaban J connectivity index is 0. The minimum Gasteiger partial charge on any atom is -1.00 e. The van der Waals surface area contributed by atoms with Crippen LogP contribution < -0.4 is 12.4 Å². The first kappa shape index (κ1) is 20.0. The van der Waals surface area contributed by atoms with E-state index in [0.717, 1.165) is 23.9 Å². The number of carbonyl (C=O) groups is 1. The monoisotopic (exact) mass is 279 g/mol. The van der Waals surface area contributed by atoms with E-state index in [0.29, 0.717) is 13.0 Å². The molecule has 4 heteroatoms. The second-order valence-electron chi connectivity index (χ2n) is 5.75. The van der Waals surface area contributed by atoms with Gasteiger partial charge in [0.05, 0.1) is 21.1 Å². The molecule has 0 aliphatic heterocycles. The number of likely N-dealkylation sites (N-methyl/N-ethyl adjacent to an activating group) is 1. The van der Waals surface area contributed by atoms with Crippen molar-refractivity contribution in [3.8, 4) is 0 Å². The maximum absolute atomic E-state index is 11.4. The fourth-order valence-corrected chi connectivity index (χ4v) is 1.56. The number of rotatable bonds is 10. The normalized spacial score (nSPS) is 10.9. The number of carbonyl (C=O) groups excluding carboxylic acids is 1. The Labute approximate surface area is 119 Å². The van der Waals surface area contributed by atoms with Gasteiger partial charge in [-0.15, -0.1) is 0 Å². The Kier molecular flexibility index (Phi) is 13.1. The van der Waals surface area contributed by atoms with Crippen LogP contribution in [0, 0.1) is 0 Å². The lowest BCUT2D eigenvalue weighted by atomic mass is 10.1. The van der Waals surface area contributed by atoms with Crippen LogP contribution in [0.25, 0.3) is 0 Å². The highest BCUT2D eigenvalue weighted by Gasteiger charge is 2.08. The predicted molar refractivity (Wildman–Crippen MR) is 71.9 cm³/mol. The molecule has 0 unspecified atom stereocenters. The summed E-state index contributed by atoms with van der Waals surface area (Å²) in [7, 11) is 6.30. The molecule has 0 spiro atoms. The molecule has 3 nitrogen and oxygen atoms in total. The zero-order valence-electron chi connectivity index (χ0n) is 12.5. The van der Waals surface area contributed by atoms with Gasteiger partial charge in [0.1, 0.15) is 13.2 Å². The number of quaternary nitrogens is 1. The summed E-state index contributed by atoms with van der Waals surface area (Å²) in [6, 6.07) is 0. The molecule has 0 N–H and O–H groups in total. The van der Waals surface area contributed by atoms with Crippen LogP contribution in [-0.2, 0) is 9.53 Å². The standard InChI is InChI=1S/C14H30NO2.ClH/c1-5-6-7-8-9-10-11-14(16)17-13-12-15(2,3)4;/h5-13H2,1-4H3;1H/q+1;/p-1. The van der Waals surface area contributed by atoms with Gasteiger partial charge in [0.25, 0.3) is 0 Å². The van der Waals surface area contributed by atoms with Crippen molar-refractivity contribution < 1.29 is 26.4 Å². The van der Waals surface area contributed by atoms with Crippen LogP contribution in [0.4, 0.5) is 0 Å². The third kappa shape index (κ3) is 15.7. The molecule has 0 aromatic carbocycles. The zero-order valence-corrected chi connectivity index (χ0v) is 13.3. The van der Waals surface area contributed by atoms with Crippen LogP contribution in [0.3, 0.4) is 0 Å². The van der Waals surface area contributed by atoms with E-state index in [2.05, 4.69) is 28.1 Å². The van der Waals surface area contributed by atoms with Crippen LogP contribution in [0.15, 0.2) is 0 Å². The third-order valence-electron chi connectivity index (χ3n) is 2.76. The molecule has 0 amide bonds. The maximum Gasteiger partial charge on any atom is 0.305 e. The molecular formula is C14H30ClNO2. The molecule has 18 heavy (non-hydrogen) atoms. The van der Waals surface area contributed by atoms with Crippen molar-refractivity contribution in [3.63, 3.8) is 0 Å². The summed E-state index contributed by atoms with van der Waals surface area (Å²) in [5.74, 6) is -0.0334. The van der Waals surface area contributed by atoms with Crippen LogP contribution in [-0.4, -0.2) is 44.7 Å². The van der Waals surface area contributed by atoms with Gasteiger partial charge in [0, 0.05) is 6.42 Å². The largest absolute Gasteiger partial charge is 1.00 e. The van der Waals surface area contributed by atoms with Gasteiger partial charge in [-0.1, -0.05) is 39.0 Å². The number of unbranched alkanes of at least 4 members (excludes halogenated alkanes) is 5. The number of hydrogen-bond donors (Lipinski definition) is 0. The predicted octanol–water partition coefficient (Wildman–Crippen LogP) is -0.00960. The highest BCUT2D eigenvalue weighted by molar-refractivity contribution is 5.69. The van der Waals surface area contributed by atoms with Crippen LogP contribution >= 0.6 is 0 Å². The fourth-order valence-electron chi connectivity index (χ4n) is 1.56. The maximum atomic E-state index is 11.4. The first-order valence-corrected chi connectivity index (χ1v) is 6.92. The van der Waals surface area contributed by atoms with E-state index >= 15 is 0 Å². The highest BCUT2D eigenvalue weighted by atomic mass is 35.5. The van der Waals surface area contributed by atoms with Crippen LogP contribution in [0.1, 0.15) is 51.9 Å². The summed E-state index contributed by atoms with van der Waals surface area (Å²) in [6.07, 6.45) is 7.86. The molecule has 0 aliphatic rings. The summed E-state index contributed by atoms with van der Waals surface area (Å²) in [4.78, 5) is 11.4. The zero-order chi connectivity index (χ0) is 13.1. The molecule has 0 aromatic rings. The first-order valence-electron chi connectivity index (χ1n) is 6.92. The Morgan fingerprint density at radius 1 is 1.00 bits per heavy atom. The van der Waals surface area contributed by atoms with Gasteiger partial charge < -0.3 is 21.6 Å². The molecule has 0 saturated heterocycles. The summed E-state index contributed by atoms with van der Waals surface area (Å²) in [5.41, 5.74) is 0. The minimum absolute atomic E-state index is 0. The Bertz CT molecular complexity index is 202. The van der Waals surface area contributed by atoms with E-state index in [-0.39, 0.29) is 18.4 Å². The average molecular weight is 280 g/mol. The molecule has 0 bridgehead atoms. The number of hydrogen-bond acceptors (Lipinski definition) is 2. The summed E-state index contributed by atoms with van der Waals surface area (Å²) in [5, 5.41) is 0. The third-order valence-corrected chi connectivity index (χ3v) is 2.76.